The Hall–Kier alpha value is -1.87. The number of ether oxygens (including phenoxy) is 4. The topological polar surface area (TPSA) is 101 Å². The molecule has 3 N–H and O–H groups in total. The molecule has 0 amide bonds. The first kappa shape index (κ1) is 17.5. The van der Waals surface area contributed by atoms with Gasteiger partial charge in [0.05, 0.1) is 24.2 Å². The molecule has 0 unspecified atom stereocenters. The first-order valence-electron chi connectivity index (χ1n) is 6.91. The predicted octanol–water partition coefficient (Wildman–Crippen LogP) is 1.62. The fourth-order valence-corrected chi connectivity index (χ4v) is 2.02. The van der Waals surface area contributed by atoms with Crippen molar-refractivity contribution in [2.24, 2.45) is 5.84 Å². The molecule has 0 radical (unpaired) electrons. The maximum Gasteiger partial charge on any atom is 0.178 e. The standard InChI is InChI=1S/C14H19ClN4O4/c1-20-3-5-22-11-7-9-10(8-12(11)23-6-4-21-2)18-14(19-16)13(15)17-9/h7-8H,3-6,16H2,1-2H3,(H,18,19). The van der Waals surface area contributed by atoms with E-state index in [2.05, 4.69) is 15.4 Å². The number of nitrogens with zero attached hydrogens (tertiary/aromatic N) is 2. The van der Waals surface area contributed by atoms with Crippen molar-refractivity contribution in [3.05, 3.63) is 17.3 Å². The lowest BCUT2D eigenvalue weighted by Crippen LogP contribution is -2.11. The van der Waals surface area contributed by atoms with E-state index >= 15 is 0 Å². The van der Waals surface area contributed by atoms with Crippen LogP contribution in [0.15, 0.2) is 12.1 Å². The zero-order chi connectivity index (χ0) is 16.7. The second-order valence-electron chi connectivity index (χ2n) is 4.48. The predicted molar refractivity (Wildman–Crippen MR) is 87.1 cm³/mol. The van der Waals surface area contributed by atoms with Crippen molar-refractivity contribution in [2.45, 2.75) is 0 Å². The molecule has 23 heavy (non-hydrogen) atoms. The molecule has 1 aromatic carbocycles. The molecule has 2 aromatic rings. The van der Waals surface area contributed by atoms with Crippen molar-refractivity contribution in [2.75, 3.05) is 46.1 Å². The summed E-state index contributed by atoms with van der Waals surface area (Å²) in [6.07, 6.45) is 0. The van der Waals surface area contributed by atoms with Crippen molar-refractivity contribution in [3.8, 4) is 11.5 Å². The number of halogens is 1. The van der Waals surface area contributed by atoms with Crippen LogP contribution in [0.25, 0.3) is 11.0 Å². The Kier molecular flexibility index (Phi) is 6.60. The molecule has 0 spiro atoms. The molecule has 0 saturated carbocycles. The van der Waals surface area contributed by atoms with Gasteiger partial charge in [-0.15, -0.1) is 0 Å². The largest absolute Gasteiger partial charge is 0.487 e. The number of aromatic nitrogens is 2. The Morgan fingerprint density at radius 2 is 1.48 bits per heavy atom. The molecule has 8 nitrogen and oxygen atoms in total. The van der Waals surface area contributed by atoms with Crippen molar-refractivity contribution in [1.82, 2.24) is 9.97 Å². The summed E-state index contributed by atoms with van der Waals surface area (Å²) >= 11 is 6.00. The van der Waals surface area contributed by atoms with Crippen LogP contribution in [0, 0.1) is 0 Å². The van der Waals surface area contributed by atoms with Crippen LogP contribution in [0.2, 0.25) is 5.15 Å². The normalized spacial score (nSPS) is 10.8. The number of nitrogen functional groups attached to an aromatic ring is 1. The lowest BCUT2D eigenvalue weighted by Gasteiger charge is -2.14. The van der Waals surface area contributed by atoms with E-state index < -0.39 is 0 Å². The third-order valence-corrected chi connectivity index (χ3v) is 3.18. The lowest BCUT2D eigenvalue weighted by atomic mass is 10.2. The molecule has 0 bridgehead atoms. The summed E-state index contributed by atoms with van der Waals surface area (Å²) in [5.74, 6) is 6.72. The first-order chi connectivity index (χ1) is 11.2. The van der Waals surface area contributed by atoms with Gasteiger partial charge in [-0.1, -0.05) is 11.6 Å². The average molecular weight is 343 g/mol. The number of anilines is 1. The number of hydrogen-bond donors (Lipinski definition) is 2. The molecule has 0 aliphatic carbocycles. The van der Waals surface area contributed by atoms with E-state index in [0.29, 0.717) is 49.0 Å². The van der Waals surface area contributed by atoms with Gasteiger partial charge < -0.3 is 24.4 Å². The Morgan fingerprint density at radius 3 is 1.96 bits per heavy atom. The number of nitrogens with two attached hydrogens (primary N) is 1. The molecule has 1 aromatic heterocycles. The van der Waals surface area contributed by atoms with Crippen molar-refractivity contribution in [3.63, 3.8) is 0 Å². The maximum absolute atomic E-state index is 6.00. The number of fused-ring (bicyclic) bond motifs is 1. The molecule has 9 heteroatoms. The minimum atomic E-state index is 0.177. The van der Waals surface area contributed by atoms with Gasteiger partial charge in [0.25, 0.3) is 0 Å². The van der Waals surface area contributed by atoms with E-state index in [-0.39, 0.29) is 11.0 Å². The molecule has 0 aliphatic heterocycles. The Balaban J connectivity index is 2.36. The van der Waals surface area contributed by atoms with Gasteiger partial charge in [-0.25, -0.2) is 15.8 Å². The average Bonchev–Trinajstić information content (AvgIpc) is 2.55. The minimum Gasteiger partial charge on any atom is -0.487 e. The number of nitrogens with one attached hydrogen (secondary N) is 1. The monoisotopic (exact) mass is 342 g/mol. The van der Waals surface area contributed by atoms with Crippen LogP contribution >= 0.6 is 11.6 Å². The highest BCUT2D eigenvalue weighted by molar-refractivity contribution is 6.32. The summed E-state index contributed by atoms with van der Waals surface area (Å²) < 4.78 is 21.3. The number of benzene rings is 1. The molecular formula is C14H19ClN4O4. The summed E-state index contributed by atoms with van der Waals surface area (Å²) in [5, 5.41) is 0.177. The number of rotatable bonds is 9. The van der Waals surface area contributed by atoms with Gasteiger partial charge >= 0.3 is 0 Å². The fourth-order valence-electron chi connectivity index (χ4n) is 1.83. The summed E-state index contributed by atoms with van der Waals surface area (Å²) in [4.78, 5) is 8.54. The van der Waals surface area contributed by atoms with Crippen molar-refractivity contribution in [1.29, 1.82) is 0 Å². The van der Waals surface area contributed by atoms with Gasteiger partial charge in [-0.3, -0.25) is 0 Å². The molecule has 0 saturated heterocycles. The molecular weight excluding hydrogens is 324 g/mol. The van der Waals surface area contributed by atoms with Crippen molar-refractivity contribution < 1.29 is 18.9 Å². The van der Waals surface area contributed by atoms with Crippen LogP contribution in [0.1, 0.15) is 0 Å². The van der Waals surface area contributed by atoms with Crippen LogP contribution in [0.3, 0.4) is 0 Å². The molecule has 1 heterocycles. The van der Waals surface area contributed by atoms with E-state index in [4.69, 9.17) is 36.4 Å². The minimum absolute atomic E-state index is 0.177. The van der Waals surface area contributed by atoms with Gasteiger partial charge in [0.2, 0.25) is 0 Å². The quantitative estimate of drug-likeness (QED) is 0.403. The van der Waals surface area contributed by atoms with Crippen LogP contribution in [-0.2, 0) is 9.47 Å². The Bertz CT molecular complexity index is 656. The highest BCUT2D eigenvalue weighted by atomic mass is 35.5. The Labute approximate surface area is 138 Å². The maximum atomic E-state index is 6.00. The van der Waals surface area contributed by atoms with E-state index in [1.807, 2.05) is 0 Å². The van der Waals surface area contributed by atoms with Crippen LogP contribution in [0.4, 0.5) is 5.82 Å². The third-order valence-electron chi connectivity index (χ3n) is 2.91. The summed E-state index contributed by atoms with van der Waals surface area (Å²) in [6.45, 7) is 1.67. The van der Waals surface area contributed by atoms with Gasteiger partial charge in [0.15, 0.2) is 22.5 Å². The molecule has 0 fully saturated rings. The van der Waals surface area contributed by atoms with Crippen LogP contribution in [0.5, 0.6) is 11.5 Å². The smallest absolute Gasteiger partial charge is 0.178 e. The Morgan fingerprint density at radius 1 is 0.957 bits per heavy atom. The first-order valence-corrected chi connectivity index (χ1v) is 7.28. The summed E-state index contributed by atoms with van der Waals surface area (Å²) in [5.41, 5.74) is 3.55. The second kappa shape index (κ2) is 8.68. The van der Waals surface area contributed by atoms with Crippen LogP contribution < -0.4 is 20.7 Å². The fraction of sp³-hybridized carbons (Fsp3) is 0.429. The third kappa shape index (κ3) is 4.55. The second-order valence-corrected chi connectivity index (χ2v) is 4.84. The van der Waals surface area contributed by atoms with Gasteiger partial charge in [-0.2, -0.15) is 0 Å². The molecule has 2 rings (SSSR count). The van der Waals surface area contributed by atoms with E-state index in [1.54, 1.807) is 26.4 Å². The van der Waals surface area contributed by atoms with Crippen LogP contribution in [-0.4, -0.2) is 50.6 Å². The van der Waals surface area contributed by atoms with E-state index in [9.17, 15) is 0 Å². The lowest BCUT2D eigenvalue weighted by molar-refractivity contribution is 0.132. The number of hydrazine groups is 1. The van der Waals surface area contributed by atoms with E-state index in [1.165, 1.54) is 0 Å². The zero-order valence-electron chi connectivity index (χ0n) is 13.0. The van der Waals surface area contributed by atoms with Gasteiger partial charge in [0, 0.05) is 26.4 Å². The zero-order valence-corrected chi connectivity index (χ0v) is 13.7. The number of hydrogen-bond acceptors (Lipinski definition) is 8. The van der Waals surface area contributed by atoms with Gasteiger partial charge in [-0.05, 0) is 0 Å². The summed E-state index contributed by atoms with van der Waals surface area (Å²) in [7, 11) is 3.21. The number of methoxy groups -OCH3 is 2. The highest BCUT2D eigenvalue weighted by Gasteiger charge is 2.12. The van der Waals surface area contributed by atoms with E-state index in [0.717, 1.165) is 0 Å². The van der Waals surface area contributed by atoms with Crippen molar-refractivity contribution >= 4 is 28.5 Å². The highest BCUT2D eigenvalue weighted by Crippen LogP contribution is 2.33. The molecule has 0 aliphatic rings. The molecule has 126 valence electrons. The summed E-state index contributed by atoms with van der Waals surface area (Å²) in [6, 6.07) is 3.43. The van der Waals surface area contributed by atoms with Gasteiger partial charge in [0.1, 0.15) is 13.2 Å². The SMILES string of the molecule is COCCOc1cc2nc(Cl)c(NN)nc2cc1OCCOC. The molecule has 0 atom stereocenters.